The van der Waals surface area contributed by atoms with Crippen molar-refractivity contribution in [3.05, 3.63) is 28.0 Å². The first kappa shape index (κ1) is 16.5. The molecule has 4 nitrogen and oxygen atoms in total. The summed E-state index contributed by atoms with van der Waals surface area (Å²) in [4.78, 5) is 15.4. The first-order valence-corrected chi connectivity index (χ1v) is 11.2. The summed E-state index contributed by atoms with van der Waals surface area (Å²) in [6.45, 7) is 7.95. The Hall–Kier alpha value is -0.883. The number of nitrogens with zero attached hydrogens (tertiary/aromatic N) is 2. The van der Waals surface area contributed by atoms with Crippen LogP contribution in [0, 0.1) is 0 Å². The van der Waals surface area contributed by atoms with Crippen LogP contribution in [-0.2, 0) is 11.5 Å². The van der Waals surface area contributed by atoms with Gasteiger partial charge in [0.1, 0.15) is 12.4 Å². The lowest BCUT2D eigenvalue weighted by Gasteiger charge is -2.15. The Bertz CT molecular complexity index is 665. The number of hydrogen-bond donors (Lipinski definition) is 0. The highest BCUT2D eigenvalue weighted by Crippen LogP contribution is 2.32. The van der Waals surface area contributed by atoms with Gasteiger partial charge in [-0.15, -0.1) is 0 Å². The Morgan fingerprint density at radius 3 is 2.71 bits per heavy atom. The molecule has 0 saturated heterocycles. The van der Waals surface area contributed by atoms with Gasteiger partial charge in [0.25, 0.3) is 0 Å². The number of carbonyl (C=O) groups is 1. The lowest BCUT2D eigenvalue weighted by Crippen LogP contribution is -2.22. The van der Waals surface area contributed by atoms with E-state index in [2.05, 4.69) is 24.6 Å². The van der Waals surface area contributed by atoms with Gasteiger partial charge in [-0.25, -0.2) is 4.98 Å². The van der Waals surface area contributed by atoms with E-state index in [9.17, 15) is 4.79 Å². The molecule has 0 aliphatic carbocycles. The fraction of sp³-hybridized carbons (Fsp3) is 0.429. The number of hydrogen-bond acceptors (Lipinski definition) is 3. The van der Waals surface area contributed by atoms with E-state index in [1.165, 1.54) is 6.20 Å². The van der Waals surface area contributed by atoms with Crippen molar-refractivity contribution in [2.75, 3.05) is 6.61 Å². The Balaban J connectivity index is 2.21. The van der Waals surface area contributed by atoms with E-state index in [0.29, 0.717) is 40.0 Å². The number of aldehydes is 1. The van der Waals surface area contributed by atoms with Gasteiger partial charge in [0, 0.05) is 38.0 Å². The molecule has 2 aromatic heterocycles. The minimum absolute atomic E-state index is 0.338. The Morgan fingerprint density at radius 1 is 1.38 bits per heavy atom. The van der Waals surface area contributed by atoms with Crippen molar-refractivity contribution in [1.82, 2.24) is 9.55 Å². The number of ether oxygens (including phenoxy) is 1. The van der Waals surface area contributed by atoms with E-state index in [4.69, 9.17) is 27.9 Å². The fourth-order valence-corrected chi connectivity index (χ4v) is 3.10. The van der Waals surface area contributed by atoms with Crippen molar-refractivity contribution in [2.24, 2.45) is 0 Å². The minimum atomic E-state index is -1.11. The van der Waals surface area contributed by atoms with Gasteiger partial charge < -0.3 is 9.30 Å². The zero-order valence-electron chi connectivity index (χ0n) is 12.3. The second-order valence-corrected chi connectivity index (χ2v) is 12.5. The monoisotopic (exact) mass is 344 g/mol. The summed E-state index contributed by atoms with van der Waals surface area (Å²) in [5.41, 5.74) is 1.08. The van der Waals surface area contributed by atoms with Gasteiger partial charge >= 0.3 is 0 Å². The van der Waals surface area contributed by atoms with Crippen LogP contribution in [0.15, 0.2) is 12.4 Å². The van der Waals surface area contributed by atoms with Crippen LogP contribution in [0.25, 0.3) is 11.0 Å². The summed E-state index contributed by atoms with van der Waals surface area (Å²) in [5.74, 6) is 0. The lowest BCUT2D eigenvalue weighted by atomic mass is 10.2. The highest BCUT2D eigenvalue weighted by molar-refractivity contribution is 6.76. The number of carbonyl (C=O) groups excluding carboxylic acids is 1. The predicted molar refractivity (Wildman–Crippen MR) is 89.2 cm³/mol. The van der Waals surface area contributed by atoms with Gasteiger partial charge in [0.05, 0.1) is 10.0 Å². The van der Waals surface area contributed by atoms with Crippen LogP contribution in [0.2, 0.25) is 35.7 Å². The third kappa shape index (κ3) is 3.86. The van der Waals surface area contributed by atoms with Crippen molar-refractivity contribution in [1.29, 1.82) is 0 Å². The van der Waals surface area contributed by atoms with E-state index >= 15 is 0 Å². The van der Waals surface area contributed by atoms with Gasteiger partial charge in [-0.05, 0) is 6.04 Å². The van der Waals surface area contributed by atoms with Crippen molar-refractivity contribution < 1.29 is 9.53 Å². The Kier molecular flexibility index (Phi) is 5.09. The lowest BCUT2D eigenvalue weighted by molar-refractivity contribution is 0.0897. The molecule has 0 fully saturated rings. The second kappa shape index (κ2) is 6.48. The molecule has 0 unspecified atom stereocenters. The average Bonchev–Trinajstić information content (AvgIpc) is 2.76. The van der Waals surface area contributed by atoms with Crippen LogP contribution in [0.3, 0.4) is 0 Å². The number of fused-ring (bicyclic) bond motifs is 1. The van der Waals surface area contributed by atoms with Gasteiger partial charge in [-0.2, -0.15) is 0 Å². The standard InChI is InChI=1S/C14H18Cl2N2O2Si/c1-21(2,3)5-4-20-9-18-7-10(8-19)12-13(16)11(15)6-17-14(12)18/h6-8H,4-5,9H2,1-3H3. The van der Waals surface area contributed by atoms with Crippen molar-refractivity contribution in [2.45, 2.75) is 32.4 Å². The maximum atomic E-state index is 11.2. The molecule has 0 radical (unpaired) electrons. The molecule has 0 saturated carbocycles. The van der Waals surface area contributed by atoms with E-state index in [0.717, 1.165) is 12.3 Å². The molecule has 0 N–H and O–H groups in total. The molecule has 21 heavy (non-hydrogen) atoms. The van der Waals surface area contributed by atoms with Gasteiger partial charge in [0.2, 0.25) is 0 Å². The van der Waals surface area contributed by atoms with Crippen LogP contribution in [0.5, 0.6) is 0 Å². The summed E-state index contributed by atoms with van der Waals surface area (Å²) >= 11 is 12.1. The minimum Gasteiger partial charge on any atom is -0.361 e. The maximum Gasteiger partial charge on any atom is 0.152 e. The first-order valence-electron chi connectivity index (χ1n) is 6.69. The van der Waals surface area contributed by atoms with Gasteiger partial charge in [0.15, 0.2) is 6.29 Å². The number of aromatic nitrogens is 2. The molecule has 114 valence electrons. The second-order valence-electron chi connectivity index (χ2n) is 6.14. The Labute approximate surface area is 135 Å². The highest BCUT2D eigenvalue weighted by atomic mass is 35.5. The zero-order valence-corrected chi connectivity index (χ0v) is 14.8. The number of rotatable bonds is 6. The maximum absolute atomic E-state index is 11.2. The van der Waals surface area contributed by atoms with Crippen molar-refractivity contribution in [3.63, 3.8) is 0 Å². The first-order chi connectivity index (χ1) is 9.83. The highest BCUT2D eigenvalue weighted by Gasteiger charge is 2.16. The van der Waals surface area contributed by atoms with Gasteiger partial charge in [-0.1, -0.05) is 42.8 Å². The smallest absolute Gasteiger partial charge is 0.152 e. The van der Waals surface area contributed by atoms with Crippen molar-refractivity contribution in [3.8, 4) is 0 Å². The third-order valence-corrected chi connectivity index (χ3v) is 5.64. The van der Waals surface area contributed by atoms with Crippen LogP contribution in [0.4, 0.5) is 0 Å². The molecule has 0 spiro atoms. The van der Waals surface area contributed by atoms with E-state index in [-0.39, 0.29) is 0 Å². The summed E-state index contributed by atoms with van der Waals surface area (Å²) in [6.07, 6.45) is 3.94. The average molecular weight is 345 g/mol. The van der Waals surface area contributed by atoms with E-state index in [1.54, 1.807) is 10.8 Å². The molecule has 0 aromatic carbocycles. The van der Waals surface area contributed by atoms with E-state index in [1.807, 2.05) is 0 Å². The molecule has 0 amide bonds. The molecule has 2 heterocycles. The number of pyridine rings is 1. The molecule has 2 aromatic rings. The van der Waals surface area contributed by atoms with Crippen LogP contribution in [-0.4, -0.2) is 30.5 Å². The summed E-state index contributed by atoms with van der Waals surface area (Å²) in [5, 5.41) is 1.27. The summed E-state index contributed by atoms with van der Waals surface area (Å²) in [6, 6.07) is 1.09. The summed E-state index contributed by atoms with van der Waals surface area (Å²) < 4.78 is 7.48. The number of halogens is 2. The third-order valence-electron chi connectivity index (χ3n) is 3.16. The molecule has 2 rings (SSSR count). The summed E-state index contributed by atoms with van der Waals surface area (Å²) in [7, 11) is -1.11. The predicted octanol–water partition coefficient (Wildman–Crippen LogP) is 4.47. The molecular weight excluding hydrogens is 327 g/mol. The molecule has 0 aliphatic rings. The van der Waals surface area contributed by atoms with Crippen molar-refractivity contribution >= 4 is 48.6 Å². The van der Waals surface area contributed by atoms with Crippen LogP contribution < -0.4 is 0 Å². The quantitative estimate of drug-likeness (QED) is 0.441. The van der Waals surface area contributed by atoms with Crippen LogP contribution >= 0.6 is 23.2 Å². The van der Waals surface area contributed by atoms with Crippen LogP contribution in [0.1, 0.15) is 10.4 Å². The normalized spacial score (nSPS) is 12.0. The molecule has 0 atom stereocenters. The van der Waals surface area contributed by atoms with E-state index < -0.39 is 8.07 Å². The molecule has 0 bridgehead atoms. The Morgan fingerprint density at radius 2 is 2.10 bits per heavy atom. The topological polar surface area (TPSA) is 44.1 Å². The fourth-order valence-electron chi connectivity index (χ4n) is 1.95. The van der Waals surface area contributed by atoms with Gasteiger partial charge in [-0.3, -0.25) is 4.79 Å². The SMILES string of the molecule is C[Si](C)(C)CCOCn1cc(C=O)c2c(Cl)c(Cl)cnc21. The largest absolute Gasteiger partial charge is 0.361 e. The zero-order chi connectivity index (χ0) is 15.6. The molecule has 0 aliphatic heterocycles. The molecular formula is C14H18Cl2N2O2Si. The molecule has 7 heteroatoms.